The van der Waals surface area contributed by atoms with Crippen LogP contribution in [0.4, 0.5) is 4.79 Å². The second kappa shape index (κ2) is 6.41. The lowest BCUT2D eigenvalue weighted by molar-refractivity contribution is -0.144. The number of amides is 4. The fourth-order valence-electron chi connectivity index (χ4n) is 3.60. The molecule has 1 aromatic rings. The SMILES string of the molecule is Cc1ccc(CN2C(=O)NC3(CCN(C(=O)C(C)(C)C)CC3)C2=O)cc1. The van der Waals surface area contributed by atoms with E-state index in [4.69, 9.17) is 0 Å². The van der Waals surface area contributed by atoms with Crippen LogP contribution in [-0.2, 0) is 16.1 Å². The van der Waals surface area contributed by atoms with Crippen molar-refractivity contribution in [3.63, 3.8) is 0 Å². The molecule has 1 N–H and O–H groups in total. The van der Waals surface area contributed by atoms with Crippen molar-refractivity contribution in [2.45, 2.75) is 52.6 Å². The smallest absolute Gasteiger partial charge is 0.325 e. The van der Waals surface area contributed by atoms with Gasteiger partial charge in [0.25, 0.3) is 5.91 Å². The molecule has 3 rings (SSSR count). The first-order chi connectivity index (χ1) is 12.1. The van der Waals surface area contributed by atoms with Gasteiger partial charge in [0.15, 0.2) is 0 Å². The Kier molecular flexibility index (Phi) is 4.54. The molecule has 2 aliphatic heterocycles. The third-order valence-corrected chi connectivity index (χ3v) is 5.25. The van der Waals surface area contributed by atoms with E-state index in [9.17, 15) is 14.4 Å². The van der Waals surface area contributed by atoms with Crippen LogP contribution in [0.3, 0.4) is 0 Å². The molecule has 0 aliphatic carbocycles. The van der Waals surface area contributed by atoms with Gasteiger partial charge in [-0.15, -0.1) is 0 Å². The van der Waals surface area contributed by atoms with Gasteiger partial charge in [-0.3, -0.25) is 14.5 Å². The molecular weight excluding hydrogens is 330 g/mol. The molecule has 140 valence electrons. The fraction of sp³-hybridized carbons (Fsp3) is 0.550. The average Bonchev–Trinajstić information content (AvgIpc) is 2.80. The van der Waals surface area contributed by atoms with Gasteiger partial charge in [-0.2, -0.15) is 0 Å². The zero-order valence-corrected chi connectivity index (χ0v) is 16.0. The molecule has 1 spiro atoms. The van der Waals surface area contributed by atoms with Crippen LogP contribution in [0.1, 0.15) is 44.7 Å². The molecule has 0 unspecified atom stereocenters. The predicted octanol–water partition coefficient (Wildman–Crippen LogP) is 2.45. The number of likely N-dealkylation sites (tertiary alicyclic amines) is 1. The largest absolute Gasteiger partial charge is 0.342 e. The Labute approximate surface area is 154 Å². The van der Waals surface area contributed by atoms with Gasteiger partial charge in [-0.05, 0) is 25.3 Å². The summed E-state index contributed by atoms with van der Waals surface area (Å²) in [5.41, 5.74) is 0.760. The third kappa shape index (κ3) is 3.32. The van der Waals surface area contributed by atoms with E-state index in [0.717, 1.165) is 11.1 Å². The standard InChI is InChI=1S/C20H27N3O3/c1-14-5-7-15(8-6-14)13-23-17(25)20(21-18(23)26)9-11-22(12-10-20)16(24)19(2,3)4/h5-8H,9-13H2,1-4H3,(H,21,26). The lowest BCUT2D eigenvalue weighted by Crippen LogP contribution is -2.57. The van der Waals surface area contributed by atoms with Crippen molar-refractivity contribution < 1.29 is 14.4 Å². The minimum atomic E-state index is -0.865. The molecule has 0 atom stereocenters. The highest BCUT2D eigenvalue weighted by atomic mass is 16.2. The van der Waals surface area contributed by atoms with E-state index in [1.807, 2.05) is 52.0 Å². The van der Waals surface area contributed by atoms with Crippen LogP contribution in [0, 0.1) is 12.3 Å². The summed E-state index contributed by atoms with van der Waals surface area (Å²) in [6.45, 7) is 8.93. The molecule has 2 aliphatic rings. The molecule has 26 heavy (non-hydrogen) atoms. The molecule has 4 amide bonds. The van der Waals surface area contributed by atoms with Crippen molar-refractivity contribution in [2.75, 3.05) is 13.1 Å². The van der Waals surface area contributed by atoms with E-state index in [-0.39, 0.29) is 24.4 Å². The molecule has 0 bridgehead atoms. The fourth-order valence-corrected chi connectivity index (χ4v) is 3.60. The van der Waals surface area contributed by atoms with Crippen LogP contribution in [0.5, 0.6) is 0 Å². The van der Waals surface area contributed by atoms with Crippen molar-refractivity contribution >= 4 is 17.8 Å². The van der Waals surface area contributed by atoms with Crippen LogP contribution in [-0.4, -0.2) is 46.3 Å². The van der Waals surface area contributed by atoms with Gasteiger partial charge in [-0.1, -0.05) is 50.6 Å². The topological polar surface area (TPSA) is 69.7 Å². The average molecular weight is 357 g/mol. The molecule has 1 aromatic carbocycles. The summed E-state index contributed by atoms with van der Waals surface area (Å²) in [5, 5.41) is 2.90. The zero-order chi connectivity index (χ0) is 19.1. The third-order valence-electron chi connectivity index (χ3n) is 5.25. The van der Waals surface area contributed by atoms with Gasteiger partial charge in [-0.25, -0.2) is 4.79 Å². The second-order valence-corrected chi connectivity index (χ2v) is 8.43. The number of benzene rings is 1. The van der Waals surface area contributed by atoms with Gasteiger partial charge in [0.2, 0.25) is 5.91 Å². The van der Waals surface area contributed by atoms with E-state index in [2.05, 4.69) is 5.32 Å². The summed E-state index contributed by atoms with van der Waals surface area (Å²) >= 11 is 0. The van der Waals surface area contributed by atoms with E-state index in [1.54, 1.807) is 4.90 Å². The van der Waals surface area contributed by atoms with Crippen molar-refractivity contribution in [3.05, 3.63) is 35.4 Å². The summed E-state index contributed by atoms with van der Waals surface area (Å²) < 4.78 is 0. The molecule has 2 saturated heterocycles. The Bertz CT molecular complexity index is 726. The highest BCUT2D eigenvalue weighted by Gasteiger charge is 2.52. The number of imide groups is 1. The number of nitrogens with zero attached hydrogens (tertiary/aromatic N) is 2. The molecule has 6 heteroatoms. The first-order valence-corrected chi connectivity index (χ1v) is 9.11. The van der Waals surface area contributed by atoms with Gasteiger partial charge >= 0.3 is 6.03 Å². The minimum Gasteiger partial charge on any atom is -0.342 e. The van der Waals surface area contributed by atoms with E-state index < -0.39 is 11.0 Å². The van der Waals surface area contributed by atoms with Crippen molar-refractivity contribution in [1.82, 2.24) is 15.1 Å². The monoisotopic (exact) mass is 357 g/mol. The number of aryl methyl sites for hydroxylation is 1. The Morgan fingerprint density at radius 1 is 1.12 bits per heavy atom. The number of nitrogens with one attached hydrogen (secondary N) is 1. The number of piperidine rings is 1. The lowest BCUT2D eigenvalue weighted by atomic mass is 9.85. The normalized spacial score (nSPS) is 19.8. The summed E-state index contributed by atoms with van der Waals surface area (Å²) in [4.78, 5) is 40.9. The Morgan fingerprint density at radius 3 is 2.23 bits per heavy atom. The van der Waals surface area contributed by atoms with Crippen LogP contribution < -0.4 is 5.32 Å². The second-order valence-electron chi connectivity index (χ2n) is 8.43. The number of urea groups is 1. The highest BCUT2D eigenvalue weighted by molar-refractivity contribution is 6.07. The van der Waals surface area contributed by atoms with Crippen molar-refractivity contribution in [3.8, 4) is 0 Å². The molecule has 2 fully saturated rings. The van der Waals surface area contributed by atoms with Crippen LogP contribution >= 0.6 is 0 Å². The van der Waals surface area contributed by atoms with Crippen LogP contribution in [0.25, 0.3) is 0 Å². The number of hydrogen-bond acceptors (Lipinski definition) is 3. The molecule has 0 aromatic heterocycles. The van der Waals surface area contributed by atoms with E-state index in [0.29, 0.717) is 25.9 Å². The highest BCUT2D eigenvalue weighted by Crippen LogP contribution is 2.32. The van der Waals surface area contributed by atoms with Gasteiger partial charge in [0, 0.05) is 18.5 Å². The van der Waals surface area contributed by atoms with E-state index >= 15 is 0 Å². The van der Waals surface area contributed by atoms with Crippen molar-refractivity contribution in [2.24, 2.45) is 5.41 Å². The number of carbonyl (C=O) groups excluding carboxylic acids is 3. The quantitative estimate of drug-likeness (QED) is 0.827. The molecule has 0 radical (unpaired) electrons. The summed E-state index contributed by atoms with van der Waals surface area (Å²) in [7, 11) is 0. The maximum Gasteiger partial charge on any atom is 0.325 e. The first-order valence-electron chi connectivity index (χ1n) is 9.11. The summed E-state index contributed by atoms with van der Waals surface area (Å²) in [6.07, 6.45) is 0.924. The predicted molar refractivity (Wildman–Crippen MR) is 98.3 cm³/mol. The maximum absolute atomic E-state index is 13.0. The van der Waals surface area contributed by atoms with Gasteiger partial charge < -0.3 is 10.2 Å². The molecular formula is C20H27N3O3. The zero-order valence-electron chi connectivity index (χ0n) is 16.0. The van der Waals surface area contributed by atoms with Crippen LogP contribution in [0.2, 0.25) is 0 Å². The Morgan fingerprint density at radius 2 is 1.69 bits per heavy atom. The summed E-state index contributed by atoms with van der Waals surface area (Å²) in [6, 6.07) is 7.48. The van der Waals surface area contributed by atoms with Crippen LogP contribution in [0.15, 0.2) is 24.3 Å². The minimum absolute atomic E-state index is 0.0839. The number of rotatable bonds is 2. The Balaban J connectivity index is 1.69. The van der Waals surface area contributed by atoms with Gasteiger partial charge in [0.1, 0.15) is 5.54 Å². The molecule has 0 saturated carbocycles. The van der Waals surface area contributed by atoms with Gasteiger partial charge in [0.05, 0.1) is 6.54 Å². The lowest BCUT2D eigenvalue weighted by Gasteiger charge is -2.39. The number of carbonyl (C=O) groups is 3. The number of hydrogen-bond donors (Lipinski definition) is 1. The summed E-state index contributed by atoms with van der Waals surface area (Å²) in [5.74, 6) is -0.0911. The van der Waals surface area contributed by atoms with Crippen molar-refractivity contribution in [1.29, 1.82) is 0 Å². The molecule has 6 nitrogen and oxygen atoms in total. The van der Waals surface area contributed by atoms with E-state index in [1.165, 1.54) is 4.90 Å². The first kappa shape index (κ1) is 18.4. The molecule has 2 heterocycles. The Hall–Kier alpha value is -2.37. The maximum atomic E-state index is 13.0.